The van der Waals surface area contributed by atoms with Crippen LogP contribution < -0.4 is 16.6 Å². The van der Waals surface area contributed by atoms with Gasteiger partial charge in [-0.15, -0.1) is 0 Å². The molecular formula is C13H16FN5. The highest BCUT2D eigenvalue weighted by Gasteiger charge is 2.04. The van der Waals surface area contributed by atoms with Crippen LogP contribution in [0, 0.1) is 12.7 Å². The van der Waals surface area contributed by atoms with Gasteiger partial charge < -0.3 is 10.7 Å². The van der Waals surface area contributed by atoms with Crippen molar-refractivity contribution in [2.24, 2.45) is 5.84 Å². The number of nitrogens with two attached hydrogens (primary N) is 1. The molecule has 1 heterocycles. The monoisotopic (exact) mass is 261 g/mol. The van der Waals surface area contributed by atoms with Gasteiger partial charge in [0.2, 0.25) is 0 Å². The molecule has 100 valence electrons. The van der Waals surface area contributed by atoms with E-state index < -0.39 is 0 Å². The molecule has 4 N–H and O–H groups in total. The van der Waals surface area contributed by atoms with E-state index in [1.165, 1.54) is 12.1 Å². The minimum Gasteiger partial charge on any atom is -0.340 e. The summed E-state index contributed by atoms with van der Waals surface area (Å²) in [7, 11) is 0. The number of hydrogen-bond donors (Lipinski definition) is 3. The summed E-state index contributed by atoms with van der Waals surface area (Å²) in [6.45, 7) is 3.78. The van der Waals surface area contributed by atoms with E-state index in [1.54, 1.807) is 6.07 Å². The van der Waals surface area contributed by atoms with Crippen molar-refractivity contribution < 1.29 is 4.39 Å². The Bertz CT molecular complexity index is 543. The molecule has 0 saturated heterocycles. The van der Waals surface area contributed by atoms with Crippen LogP contribution in [-0.4, -0.2) is 9.97 Å². The fourth-order valence-electron chi connectivity index (χ4n) is 1.75. The lowest BCUT2D eigenvalue weighted by Gasteiger charge is -2.09. The van der Waals surface area contributed by atoms with E-state index in [1.807, 2.05) is 19.9 Å². The lowest BCUT2D eigenvalue weighted by Crippen LogP contribution is -2.11. The fraction of sp³-hybridized carbons (Fsp3) is 0.231. The maximum absolute atomic E-state index is 13.3. The highest BCUT2D eigenvalue weighted by Crippen LogP contribution is 2.19. The highest BCUT2D eigenvalue weighted by molar-refractivity contribution is 5.59. The lowest BCUT2D eigenvalue weighted by molar-refractivity contribution is 0.627. The molecule has 0 bridgehead atoms. The smallest absolute Gasteiger partial charge is 0.145 e. The number of nitrogens with one attached hydrogen (secondary N) is 2. The number of nitrogen functional groups attached to an aromatic ring is 1. The fourth-order valence-corrected chi connectivity index (χ4v) is 1.75. The zero-order valence-electron chi connectivity index (χ0n) is 10.9. The van der Waals surface area contributed by atoms with Crippen LogP contribution in [0.3, 0.4) is 0 Å². The summed E-state index contributed by atoms with van der Waals surface area (Å²) >= 11 is 0. The Morgan fingerprint density at radius 1 is 1.16 bits per heavy atom. The van der Waals surface area contributed by atoms with Crippen molar-refractivity contribution >= 4 is 17.3 Å². The van der Waals surface area contributed by atoms with Gasteiger partial charge in [0.25, 0.3) is 0 Å². The number of hydrogen-bond acceptors (Lipinski definition) is 5. The van der Waals surface area contributed by atoms with E-state index in [-0.39, 0.29) is 5.82 Å². The molecule has 2 aromatic rings. The van der Waals surface area contributed by atoms with Crippen LogP contribution in [0.1, 0.15) is 18.3 Å². The Balaban J connectivity index is 2.31. The van der Waals surface area contributed by atoms with Crippen LogP contribution in [0.25, 0.3) is 0 Å². The first-order chi connectivity index (χ1) is 9.10. The molecule has 0 fully saturated rings. The Hall–Kier alpha value is -2.21. The molecule has 0 aliphatic heterocycles. The Morgan fingerprint density at radius 3 is 2.53 bits per heavy atom. The maximum atomic E-state index is 13.3. The second-order valence-electron chi connectivity index (χ2n) is 4.19. The molecule has 1 aromatic heterocycles. The molecule has 19 heavy (non-hydrogen) atoms. The molecule has 0 aliphatic carbocycles. The van der Waals surface area contributed by atoms with E-state index in [0.29, 0.717) is 29.6 Å². The van der Waals surface area contributed by atoms with Gasteiger partial charge in [0.05, 0.1) is 0 Å². The molecule has 0 spiro atoms. The van der Waals surface area contributed by atoms with Crippen molar-refractivity contribution in [1.82, 2.24) is 9.97 Å². The van der Waals surface area contributed by atoms with E-state index >= 15 is 0 Å². The predicted molar refractivity (Wildman–Crippen MR) is 73.6 cm³/mol. The van der Waals surface area contributed by atoms with Crippen molar-refractivity contribution in [2.75, 3.05) is 10.7 Å². The van der Waals surface area contributed by atoms with E-state index in [2.05, 4.69) is 20.7 Å². The van der Waals surface area contributed by atoms with Crippen LogP contribution in [0.2, 0.25) is 0 Å². The average molecular weight is 261 g/mol. The van der Waals surface area contributed by atoms with Gasteiger partial charge in [-0.2, -0.15) is 0 Å². The zero-order valence-corrected chi connectivity index (χ0v) is 10.9. The van der Waals surface area contributed by atoms with Gasteiger partial charge in [-0.1, -0.05) is 6.92 Å². The Morgan fingerprint density at radius 2 is 1.89 bits per heavy atom. The molecule has 0 aliphatic rings. The molecule has 0 radical (unpaired) electrons. The van der Waals surface area contributed by atoms with Gasteiger partial charge in [-0.05, 0) is 30.7 Å². The number of nitrogens with zero attached hydrogens (tertiary/aromatic N) is 2. The summed E-state index contributed by atoms with van der Waals surface area (Å²) in [5.74, 6) is 6.82. The predicted octanol–water partition coefficient (Wildman–Crippen LogP) is 2.52. The van der Waals surface area contributed by atoms with Gasteiger partial charge in [-0.25, -0.2) is 20.2 Å². The molecular weight excluding hydrogens is 245 g/mol. The summed E-state index contributed by atoms with van der Waals surface area (Å²) in [5, 5.41) is 3.05. The average Bonchev–Trinajstić information content (AvgIpc) is 2.37. The van der Waals surface area contributed by atoms with Gasteiger partial charge >= 0.3 is 0 Å². The number of benzene rings is 1. The van der Waals surface area contributed by atoms with E-state index in [0.717, 1.165) is 5.56 Å². The summed E-state index contributed by atoms with van der Waals surface area (Å²) in [6, 6.07) is 6.39. The SMILES string of the molecule is CCc1nc(NN)cc(Nc2cc(C)cc(F)c2)n1. The molecule has 2 rings (SSSR count). The summed E-state index contributed by atoms with van der Waals surface area (Å²) < 4.78 is 13.3. The number of hydrazine groups is 1. The van der Waals surface area contributed by atoms with Crippen molar-refractivity contribution in [2.45, 2.75) is 20.3 Å². The van der Waals surface area contributed by atoms with Crippen LogP contribution >= 0.6 is 0 Å². The quantitative estimate of drug-likeness (QED) is 0.582. The number of halogens is 1. The molecule has 6 heteroatoms. The standard InChI is InChI=1S/C13H16FN5/c1-3-11-17-12(7-13(18-11)19-15)16-10-5-8(2)4-9(14)6-10/h4-7H,3,15H2,1-2H3,(H2,16,17,18,19). The topological polar surface area (TPSA) is 75.9 Å². The molecule has 0 amide bonds. The van der Waals surface area contributed by atoms with Gasteiger partial charge in [0.1, 0.15) is 23.3 Å². The van der Waals surface area contributed by atoms with Gasteiger partial charge in [0, 0.05) is 18.2 Å². The van der Waals surface area contributed by atoms with E-state index in [9.17, 15) is 4.39 Å². The van der Waals surface area contributed by atoms with E-state index in [4.69, 9.17) is 5.84 Å². The van der Waals surface area contributed by atoms with Gasteiger partial charge in [-0.3, -0.25) is 0 Å². The maximum Gasteiger partial charge on any atom is 0.145 e. The largest absolute Gasteiger partial charge is 0.340 e. The van der Waals surface area contributed by atoms with Crippen molar-refractivity contribution in [3.63, 3.8) is 0 Å². The van der Waals surface area contributed by atoms with Crippen molar-refractivity contribution in [3.8, 4) is 0 Å². The summed E-state index contributed by atoms with van der Waals surface area (Å²) in [5.41, 5.74) is 3.96. The zero-order chi connectivity index (χ0) is 13.8. The molecule has 0 atom stereocenters. The van der Waals surface area contributed by atoms with Crippen LogP contribution in [0.5, 0.6) is 0 Å². The third-order valence-electron chi connectivity index (χ3n) is 2.55. The Labute approximate surface area is 111 Å². The molecule has 5 nitrogen and oxygen atoms in total. The third kappa shape index (κ3) is 3.38. The minimum absolute atomic E-state index is 0.288. The number of anilines is 3. The number of rotatable bonds is 4. The molecule has 1 aromatic carbocycles. The summed E-state index contributed by atoms with van der Waals surface area (Å²) in [6.07, 6.45) is 0.687. The second kappa shape index (κ2) is 5.62. The first kappa shape index (κ1) is 13.2. The van der Waals surface area contributed by atoms with Crippen LogP contribution in [-0.2, 0) is 6.42 Å². The van der Waals surface area contributed by atoms with Crippen LogP contribution in [0.15, 0.2) is 24.3 Å². The third-order valence-corrected chi connectivity index (χ3v) is 2.55. The second-order valence-corrected chi connectivity index (χ2v) is 4.19. The van der Waals surface area contributed by atoms with Crippen LogP contribution in [0.4, 0.5) is 21.7 Å². The van der Waals surface area contributed by atoms with Crippen molar-refractivity contribution in [3.05, 3.63) is 41.5 Å². The normalized spacial score (nSPS) is 10.3. The summed E-state index contributed by atoms with van der Waals surface area (Å²) in [4.78, 5) is 8.50. The first-order valence-corrected chi connectivity index (χ1v) is 5.99. The number of aromatic nitrogens is 2. The molecule has 0 saturated carbocycles. The first-order valence-electron chi connectivity index (χ1n) is 5.99. The highest BCUT2D eigenvalue weighted by atomic mass is 19.1. The van der Waals surface area contributed by atoms with Gasteiger partial charge in [0.15, 0.2) is 0 Å². The minimum atomic E-state index is -0.288. The molecule has 0 unspecified atom stereocenters. The van der Waals surface area contributed by atoms with Crippen molar-refractivity contribution in [1.29, 1.82) is 0 Å². The Kier molecular flexibility index (Phi) is 3.91. The number of aryl methyl sites for hydroxylation is 2. The lowest BCUT2D eigenvalue weighted by atomic mass is 10.2.